The van der Waals surface area contributed by atoms with Gasteiger partial charge in [-0.1, -0.05) is 18.2 Å². The van der Waals surface area contributed by atoms with Crippen LogP contribution in [0.2, 0.25) is 0 Å². The third kappa shape index (κ3) is 2.79. The molecular formula is C16H16N4O. The van der Waals surface area contributed by atoms with Crippen LogP contribution in [0, 0.1) is 11.3 Å². The highest BCUT2D eigenvalue weighted by Gasteiger charge is 2.33. The standard InChI is InChI=1S/C16H16N4O/c1-16(2)9-13(12-5-3-4-6-14(12)21-16)18-15-8-7-11(10-17)19-20-15/h3-8,13H,9H2,1-2H3,(H,18,20). The second-order valence-electron chi connectivity index (χ2n) is 5.72. The first-order valence-corrected chi connectivity index (χ1v) is 6.86. The molecule has 0 radical (unpaired) electrons. The summed E-state index contributed by atoms with van der Waals surface area (Å²) in [5.41, 5.74) is 1.18. The first-order valence-electron chi connectivity index (χ1n) is 6.86. The van der Waals surface area contributed by atoms with E-state index in [1.165, 1.54) is 0 Å². The third-order valence-electron chi connectivity index (χ3n) is 3.48. The van der Waals surface area contributed by atoms with E-state index < -0.39 is 0 Å². The van der Waals surface area contributed by atoms with Crippen molar-refractivity contribution >= 4 is 5.82 Å². The Labute approximate surface area is 123 Å². The first kappa shape index (κ1) is 13.4. The van der Waals surface area contributed by atoms with Gasteiger partial charge in [-0.05, 0) is 32.0 Å². The van der Waals surface area contributed by atoms with E-state index in [2.05, 4.69) is 35.4 Å². The number of ether oxygens (including phenoxy) is 1. The topological polar surface area (TPSA) is 70.8 Å². The molecule has 1 aromatic heterocycles. The molecule has 0 spiro atoms. The van der Waals surface area contributed by atoms with Gasteiger partial charge in [-0.3, -0.25) is 0 Å². The quantitative estimate of drug-likeness (QED) is 0.915. The third-order valence-corrected chi connectivity index (χ3v) is 3.48. The SMILES string of the molecule is CC1(C)CC(Nc2ccc(C#N)nn2)c2ccccc2O1. The van der Waals surface area contributed by atoms with Crippen LogP contribution in [0.5, 0.6) is 5.75 Å². The number of nitrogens with zero attached hydrogens (tertiary/aromatic N) is 3. The molecule has 5 nitrogen and oxygen atoms in total. The number of anilines is 1. The zero-order valence-corrected chi connectivity index (χ0v) is 12.0. The zero-order valence-electron chi connectivity index (χ0n) is 12.0. The number of benzene rings is 1. The number of hydrogen-bond acceptors (Lipinski definition) is 5. The van der Waals surface area contributed by atoms with Crippen molar-refractivity contribution in [2.45, 2.75) is 31.9 Å². The summed E-state index contributed by atoms with van der Waals surface area (Å²) >= 11 is 0. The van der Waals surface area contributed by atoms with Crippen LogP contribution in [0.3, 0.4) is 0 Å². The fraction of sp³-hybridized carbons (Fsp3) is 0.312. The zero-order chi connectivity index (χ0) is 14.9. The Morgan fingerprint density at radius 2 is 2.05 bits per heavy atom. The minimum absolute atomic E-state index is 0.104. The molecule has 0 saturated heterocycles. The predicted molar refractivity (Wildman–Crippen MR) is 78.9 cm³/mol. The van der Waals surface area contributed by atoms with Gasteiger partial charge in [0.1, 0.15) is 23.2 Å². The second kappa shape index (κ2) is 5.06. The van der Waals surface area contributed by atoms with E-state index in [-0.39, 0.29) is 11.6 Å². The van der Waals surface area contributed by atoms with Gasteiger partial charge in [0.05, 0.1) is 6.04 Å². The van der Waals surface area contributed by atoms with Crippen LogP contribution >= 0.6 is 0 Å². The Kier molecular flexibility index (Phi) is 3.22. The lowest BCUT2D eigenvalue weighted by Gasteiger charge is -2.38. The summed E-state index contributed by atoms with van der Waals surface area (Å²) in [7, 11) is 0. The largest absolute Gasteiger partial charge is 0.487 e. The molecule has 0 amide bonds. The first-order chi connectivity index (χ1) is 10.1. The van der Waals surface area contributed by atoms with Gasteiger partial charge in [-0.15, -0.1) is 10.2 Å². The summed E-state index contributed by atoms with van der Waals surface area (Å²) in [5, 5.41) is 20.0. The Morgan fingerprint density at radius 3 is 2.76 bits per heavy atom. The van der Waals surface area contributed by atoms with E-state index in [1.807, 2.05) is 24.3 Å². The van der Waals surface area contributed by atoms with Gasteiger partial charge in [0.2, 0.25) is 0 Å². The number of aromatic nitrogens is 2. The molecule has 1 unspecified atom stereocenters. The van der Waals surface area contributed by atoms with E-state index in [9.17, 15) is 0 Å². The van der Waals surface area contributed by atoms with Crippen LogP contribution in [0.25, 0.3) is 0 Å². The highest BCUT2D eigenvalue weighted by molar-refractivity contribution is 5.45. The summed E-state index contributed by atoms with van der Waals surface area (Å²) in [6, 6.07) is 13.5. The maximum atomic E-state index is 8.76. The van der Waals surface area contributed by atoms with E-state index in [4.69, 9.17) is 10.00 Å². The molecule has 2 heterocycles. The fourth-order valence-electron chi connectivity index (χ4n) is 2.58. The van der Waals surface area contributed by atoms with Crippen molar-refractivity contribution in [1.82, 2.24) is 10.2 Å². The van der Waals surface area contributed by atoms with Crippen LogP contribution in [-0.2, 0) is 0 Å². The molecule has 5 heteroatoms. The molecule has 0 bridgehead atoms. The van der Waals surface area contributed by atoms with Crippen LogP contribution in [-0.4, -0.2) is 15.8 Å². The van der Waals surface area contributed by atoms with Gasteiger partial charge in [-0.2, -0.15) is 5.26 Å². The number of nitrogens with one attached hydrogen (secondary N) is 1. The van der Waals surface area contributed by atoms with Gasteiger partial charge in [0.25, 0.3) is 0 Å². The van der Waals surface area contributed by atoms with Gasteiger partial charge < -0.3 is 10.1 Å². The minimum atomic E-state index is -0.244. The lowest BCUT2D eigenvalue weighted by molar-refractivity contribution is 0.0758. The van der Waals surface area contributed by atoms with Crippen molar-refractivity contribution in [3.05, 3.63) is 47.7 Å². The molecule has 106 valence electrons. The summed E-state index contributed by atoms with van der Waals surface area (Å²) in [6.07, 6.45) is 0.825. The maximum absolute atomic E-state index is 8.76. The highest BCUT2D eigenvalue weighted by atomic mass is 16.5. The highest BCUT2D eigenvalue weighted by Crippen LogP contribution is 2.40. The molecule has 21 heavy (non-hydrogen) atoms. The number of rotatable bonds is 2. The maximum Gasteiger partial charge on any atom is 0.163 e. The van der Waals surface area contributed by atoms with Crippen molar-refractivity contribution in [3.8, 4) is 11.8 Å². The Balaban J connectivity index is 1.89. The van der Waals surface area contributed by atoms with Crippen molar-refractivity contribution in [1.29, 1.82) is 5.26 Å². The summed E-state index contributed by atoms with van der Waals surface area (Å²) < 4.78 is 6.00. The van der Waals surface area contributed by atoms with Gasteiger partial charge in [-0.25, -0.2) is 0 Å². The van der Waals surface area contributed by atoms with Crippen molar-refractivity contribution in [2.75, 3.05) is 5.32 Å². The molecule has 1 N–H and O–H groups in total. The Hall–Kier alpha value is -2.61. The van der Waals surface area contributed by atoms with Crippen LogP contribution in [0.1, 0.15) is 37.6 Å². The Bertz CT molecular complexity index is 688. The molecular weight excluding hydrogens is 264 g/mol. The van der Waals surface area contributed by atoms with Crippen LogP contribution in [0.4, 0.5) is 5.82 Å². The fourth-order valence-corrected chi connectivity index (χ4v) is 2.58. The minimum Gasteiger partial charge on any atom is -0.487 e. The summed E-state index contributed by atoms with van der Waals surface area (Å²) in [6.45, 7) is 4.14. The smallest absolute Gasteiger partial charge is 0.163 e. The summed E-state index contributed by atoms with van der Waals surface area (Å²) in [5.74, 6) is 1.55. The van der Waals surface area contributed by atoms with Crippen molar-refractivity contribution < 1.29 is 4.74 Å². The van der Waals surface area contributed by atoms with E-state index in [0.717, 1.165) is 17.7 Å². The number of nitriles is 1. The summed E-state index contributed by atoms with van der Waals surface area (Å²) in [4.78, 5) is 0. The molecule has 1 atom stereocenters. The molecule has 2 aromatic rings. The van der Waals surface area contributed by atoms with Crippen LogP contribution < -0.4 is 10.1 Å². The number of hydrogen-bond donors (Lipinski definition) is 1. The molecule has 0 saturated carbocycles. The van der Waals surface area contributed by atoms with Gasteiger partial charge >= 0.3 is 0 Å². The van der Waals surface area contributed by atoms with Crippen molar-refractivity contribution in [2.24, 2.45) is 0 Å². The average molecular weight is 280 g/mol. The predicted octanol–water partition coefficient (Wildman–Crippen LogP) is 3.06. The average Bonchev–Trinajstić information content (AvgIpc) is 2.47. The molecule has 1 aromatic carbocycles. The number of fused-ring (bicyclic) bond motifs is 1. The normalized spacial score (nSPS) is 19.0. The second-order valence-corrected chi connectivity index (χ2v) is 5.72. The monoisotopic (exact) mass is 280 g/mol. The van der Waals surface area contributed by atoms with Crippen LogP contribution in [0.15, 0.2) is 36.4 Å². The lowest BCUT2D eigenvalue weighted by Crippen LogP contribution is -2.37. The molecule has 1 aliphatic heterocycles. The van der Waals surface area contributed by atoms with Gasteiger partial charge in [0, 0.05) is 12.0 Å². The lowest BCUT2D eigenvalue weighted by atomic mass is 9.90. The number of para-hydroxylation sites is 1. The molecule has 0 aliphatic carbocycles. The van der Waals surface area contributed by atoms with E-state index >= 15 is 0 Å². The van der Waals surface area contributed by atoms with E-state index in [1.54, 1.807) is 12.1 Å². The molecule has 0 fully saturated rings. The Morgan fingerprint density at radius 1 is 1.24 bits per heavy atom. The molecule has 3 rings (SSSR count). The van der Waals surface area contributed by atoms with Gasteiger partial charge in [0.15, 0.2) is 5.69 Å². The molecule has 1 aliphatic rings. The van der Waals surface area contributed by atoms with E-state index in [0.29, 0.717) is 11.5 Å². The van der Waals surface area contributed by atoms with Crippen molar-refractivity contribution in [3.63, 3.8) is 0 Å².